The molecule has 1 heterocycles. The third-order valence-electron chi connectivity index (χ3n) is 4.99. The molecule has 0 aliphatic carbocycles. The number of rotatable bonds is 5. The highest BCUT2D eigenvalue weighted by Crippen LogP contribution is 2.30. The lowest BCUT2D eigenvalue weighted by molar-refractivity contribution is -0.135. The lowest BCUT2D eigenvalue weighted by Crippen LogP contribution is -2.61. The Bertz CT molecular complexity index is 797. The Morgan fingerprint density at radius 3 is 2.67 bits per heavy atom. The molecule has 144 valence electrons. The molecule has 6 heteroatoms. The summed E-state index contributed by atoms with van der Waals surface area (Å²) in [5, 5.41) is 13.5. The molecule has 1 atom stereocenters. The summed E-state index contributed by atoms with van der Waals surface area (Å²) in [6.07, 6.45) is 1.58. The van der Waals surface area contributed by atoms with E-state index in [0.29, 0.717) is 18.7 Å². The fourth-order valence-electron chi connectivity index (χ4n) is 3.75. The molecule has 2 aromatic rings. The molecule has 27 heavy (non-hydrogen) atoms. The number of nitrogens with zero attached hydrogens (tertiary/aromatic N) is 2. The summed E-state index contributed by atoms with van der Waals surface area (Å²) in [6.45, 7) is 1.79. The number of nitrogens with one attached hydrogen (secondary N) is 1. The van der Waals surface area contributed by atoms with Crippen LogP contribution in [0.5, 0.6) is 5.75 Å². The number of carbonyl (C=O) groups is 1. The van der Waals surface area contributed by atoms with Crippen LogP contribution < -0.4 is 5.32 Å². The minimum Gasteiger partial charge on any atom is -0.508 e. The average molecular weight is 371 g/mol. The van der Waals surface area contributed by atoms with Gasteiger partial charge in [-0.25, -0.2) is 4.39 Å². The van der Waals surface area contributed by atoms with Crippen molar-refractivity contribution in [1.29, 1.82) is 0 Å². The van der Waals surface area contributed by atoms with Gasteiger partial charge in [-0.2, -0.15) is 0 Å². The van der Waals surface area contributed by atoms with E-state index in [1.807, 2.05) is 30.3 Å². The van der Waals surface area contributed by atoms with E-state index in [1.54, 1.807) is 25.1 Å². The standard InChI is InChI=1S/C21H26FN3O2/c1-24(2)20(27)21(23-18-7-4-3-5-8-18)11-6-12-25(15-21)14-16-9-10-17(22)13-19(16)26/h3-5,7-10,13,23,26H,6,11-12,14-15H2,1-2H3. The van der Waals surface area contributed by atoms with E-state index in [-0.39, 0.29) is 11.7 Å². The summed E-state index contributed by atoms with van der Waals surface area (Å²) in [5.74, 6) is -0.488. The van der Waals surface area contributed by atoms with Crippen LogP contribution in [0, 0.1) is 5.82 Å². The number of piperidine rings is 1. The van der Waals surface area contributed by atoms with E-state index < -0.39 is 11.4 Å². The first-order valence-corrected chi connectivity index (χ1v) is 9.14. The van der Waals surface area contributed by atoms with Crippen molar-refractivity contribution in [1.82, 2.24) is 9.80 Å². The number of phenols is 1. The van der Waals surface area contributed by atoms with Crippen molar-refractivity contribution >= 4 is 11.6 Å². The summed E-state index contributed by atoms with van der Waals surface area (Å²) in [5.41, 5.74) is 0.821. The second-order valence-electron chi connectivity index (χ2n) is 7.36. The Labute approximate surface area is 159 Å². The third kappa shape index (κ3) is 4.39. The Hall–Kier alpha value is -2.60. The molecule has 1 aliphatic rings. The monoisotopic (exact) mass is 371 g/mol. The second-order valence-corrected chi connectivity index (χ2v) is 7.36. The van der Waals surface area contributed by atoms with E-state index in [2.05, 4.69) is 10.2 Å². The van der Waals surface area contributed by atoms with E-state index in [4.69, 9.17) is 0 Å². The first-order chi connectivity index (χ1) is 12.9. The Morgan fingerprint density at radius 1 is 1.26 bits per heavy atom. The topological polar surface area (TPSA) is 55.8 Å². The minimum atomic E-state index is -0.737. The van der Waals surface area contributed by atoms with Crippen molar-refractivity contribution in [3.8, 4) is 5.75 Å². The van der Waals surface area contributed by atoms with Crippen LogP contribution >= 0.6 is 0 Å². The van der Waals surface area contributed by atoms with Crippen molar-refractivity contribution in [2.75, 3.05) is 32.5 Å². The molecule has 1 saturated heterocycles. The third-order valence-corrected chi connectivity index (χ3v) is 4.99. The second kappa shape index (κ2) is 7.96. The average Bonchev–Trinajstić information content (AvgIpc) is 2.64. The first kappa shape index (κ1) is 19.2. The molecule has 0 saturated carbocycles. The van der Waals surface area contributed by atoms with Gasteiger partial charge in [0.1, 0.15) is 17.1 Å². The summed E-state index contributed by atoms with van der Waals surface area (Å²) >= 11 is 0. The molecule has 0 spiro atoms. The number of benzene rings is 2. The molecule has 2 N–H and O–H groups in total. The maximum absolute atomic E-state index is 13.3. The van der Waals surface area contributed by atoms with Gasteiger partial charge in [0.15, 0.2) is 0 Å². The lowest BCUT2D eigenvalue weighted by atomic mass is 9.86. The lowest BCUT2D eigenvalue weighted by Gasteiger charge is -2.44. The van der Waals surface area contributed by atoms with Crippen LogP contribution in [0.2, 0.25) is 0 Å². The van der Waals surface area contributed by atoms with Gasteiger partial charge in [0, 0.05) is 44.5 Å². The molecule has 0 radical (unpaired) electrons. The number of hydrogen-bond donors (Lipinski definition) is 2. The van der Waals surface area contributed by atoms with Crippen molar-refractivity contribution in [2.45, 2.75) is 24.9 Å². The normalized spacial score (nSPS) is 20.3. The van der Waals surface area contributed by atoms with Crippen LogP contribution in [0.15, 0.2) is 48.5 Å². The quantitative estimate of drug-likeness (QED) is 0.848. The van der Waals surface area contributed by atoms with Crippen LogP contribution in [0.4, 0.5) is 10.1 Å². The van der Waals surface area contributed by atoms with Gasteiger partial charge in [-0.1, -0.05) is 24.3 Å². The van der Waals surface area contributed by atoms with Crippen molar-refractivity contribution in [2.24, 2.45) is 0 Å². The number of phenolic OH excluding ortho intramolecular Hbond substituents is 1. The minimum absolute atomic E-state index is 0.0272. The van der Waals surface area contributed by atoms with Gasteiger partial charge in [0.05, 0.1) is 0 Å². The molecular weight excluding hydrogens is 345 g/mol. The first-order valence-electron chi connectivity index (χ1n) is 9.14. The summed E-state index contributed by atoms with van der Waals surface area (Å²) < 4.78 is 13.3. The van der Waals surface area contributed by atoms with Gasteiger partial charge in [-0.05, 0) is 37.6 Å². The van der Waals surface area contributed by atoms with Crippen molar-refractivity contribution in [3.63, 3.8) is 0 Å². The number of amides is 1. The number of hydrogen-bond acceptors (Lipinski definition) is 4. The van der Waals surface area contributed by atoms with Gasteiger partial charge in [-0.3, -0.25) is 9.69 Å². The Balaban J connectivity index is 1.84. The molecular formula is C21H26FN3O2. The Kier molecular flexibility index (Phi) is 5.65. The number of likely N-dealkylation sites (tertiary alicyclic amines) is 1. The molecule has 0 bridgehead atoms. The van der Waals surface area contributed by atoms with Gasteiger partial charge >= 0.3 is 0 Å². The zero-order chi connectivity index (χ0) is 19.4. The molecule has 3 rings (SSSR count). The fourth-order valence-corrected chi connectivity index (χ4v) is 3.75. The number of anilines is 1. The zero-order valence-electron chi connectivity index (χ0n) is 15.8. The fraction of sp³-hybridized carbons (Fsp3) is 0.381. The molecule has 2 aromatic carbocycles. The van der Waals surface area contributed by atoms with Crippen LogP contribution in [0.25, 0.3) is 0 Å². The van der Waals surface area contributed by atoms with Crippen LogP contribution in [-0.4, -0.2) is 53.5 Å². The predicted octanol–water partition coefficient (Wildman–Crippen LogP) is 3.07. The number of para-hydroxylation sites is 1. The molecule has 1 aliphatic heterocycles. The molecule has 5 nitrogen and oxygen atoms in total. The van der Waals surface area contributed by atoms with Gasteiger partial charge < -0.3 is 15.3 Å². The van der Waals surface area contributed by atoms with Crippen LogP contribution in [0.1, 0.15) is 18.4 Å². The van der Waals surface area contributed by atoms with Crippen molar-refractivity contribution in [3.05, 3.63) is 59.9 Å². The van der Waals surface area contributed by atoms with Gasteiger partial charge in [0.25, 0.3) is 0 Å². The summed E-state index contributed by atoms with van der Waals surface area (Å²) in [4.78, 5) is 16.8. The SMILES string of the molecule is CN(C)C(=O)C1(Nc2ccccc2)CCCN(Cc2ccc(F)cc2O)C1. The number of likely N-dealkylation sites (N-methyl/N-ethyl adjacent to an activating group) is 1. The van der Waals surface area contributed by atoms with E-state index in [1.165, 1.54) is 6.07 Å². The summed E-state index contributed by atoms with van der Waals surface area (Å²) in [6, 6.07) is 13.8. The van der Waals surface area contributed by atoms with Crippen LogP contribution in [0.3, 0.4) is 0 Å². The number of halogens is 1. The maximum atomic E-state index is 13.3. The predicted molar refractivity (Wildman–Crippen MR) is 104 cm³/mol. The van der Waals surface area contributed by atoms with Crippen molar-refractivity contribution < 1.29 is 14.3 Å². The highest BCUT2D eigenvalue weighted by Gasteiger charge is 2.43. The highest BCUT2D eigenvalue weighted by molar-refractivity contribution is 5.89. The van der Waals surface area contributed by atoms with Gasteiger partial charge in [0.2, 0.25) is 5.91 Å². The zero-order valence-corrected chi connectivity index (χ0v) is 15.8. The smallest absolute Gasteiger partial charge is 0.249 e. The van der Waals surface area contributed by atoms with E-state index >= 15 is 0 Å². The molecule has 1 amide bonds. The summed E-state index contributed by atoms with van der Waals surface area (Å²) in [7, 11) is 3.53. The Morgan fingerprint density at radius 2 is 2.00 bits per heavy atom. The van der Waals surface area contributed by atoms with E-state index in [9.17, 15) is 14.3 Å². The van der Waals surface area contributed by atoms with Gasteiger partial charge in [-0.15, -0.1) is 0 Å². The van der Waals surface area contributed by atoms with E-state index in [0.717, 1.165) is 31.1 Å². The number of carbonyl (C=O) groups excluding carboxylic acids is 1. The van der Waals surface area contributed by atoms with Crippen LogP contribution in [-0.2, 0) is 11.3 Å². The number of aromatic hydroxyl groups is 1. The maximum Gasteiger partial charge on any atom is 0.249 e. The molecule has 1 fully saturated rings. The molecule has 0 aromatic heterocycles. The highest BCUT2D eigenvalue weighted by atomic mass is 19.1. The molecule has 1 unspecified atom stereocenters. The largest absolute Gasteiger partial charge is 0.508 e.